The van der Waals surface area contributed by atoms with Crippen LogP contribution in [-0.2, 0) is 34.1 Å². The lowest BCUT2D eigenvalue weighted by molar-refractivity contribution is 0.129. The monoisotopic (exact) mass is 404 g/mol. The van der Waals surface area contributed by atoms with Gasteiger partial charge in [-0.3, -0.25) is 0 Å². The molecule has 1 fully saturated rings. The zero-order valence-electron chi connectivity index (χ0n) is 16.4. The first-order valence-electron chi connectivity index (χ1n) is 9.99. The van der Waals surface area contributed by atoms with E-state index in [1.807, 2.05) is 6.07 Å². The van der Waals surface area contributed by atoms with Crippen molar-refractivity contribution in [2.75, 3.05) is 26.8 Å². The Morgan fingerprint density at radius 2 is 1.75 bits per heavy atom. The molecule has 0 bridgehead atoms. The Bertz CT molecular complexity index is 903. The molecule has 4 rings (SSSR count). The summed E-state index contributed by atoms with van der Waals surface area (Å²) in [5.41, 5.74) is 0.196. The van der Waals surface area contributed by atoms with Gasteiger partial charge in [0.2, 0.25) is 10.0 Å². The molecular weight excluding hydrogens is 376 g/mol. The molecule has 1 saturated heterocycles. The van der Waals surface area contributed by atoms with Gasteiger partial charge in [0.15, 0.2) is 0 Å². The van der Waals surface area contributed by atoms with Gasteiger partial charge in [0.1, 0.15) is 11.6 Å². The number of rotatable bonds is 5. The van der Waals surface area contributed by atoms with Gasteiger partial charge in [-0.15, -0.1) is 10.2 Å². The average molecular weight is 405 g/mol. The number of hydrogen-bond donors (Lipinski definition) is 0. The molecule has 0 N–H and O–H groups in total. The smallest absolute Gasteiger partial charge is 0.243 e. The quantitative estimate of drug-likeness (QED) is 0.764. The first kappa shape index (κ1) is 19.5. The standard InChI is InChI=1S/C20H28N4O3S/c1-27-16-8-19-22-21-18-7-9-20(12-15-24(18)19)10-13-23(14-11-20)28(25,26)17-5-3-2-4-6-17/h2-6H,7-16H2,1H3. The summed E-state index contributed by atoms with van der Waals surface area (Å²) in [6.45, 7) is 2.74. The number of ether oxygens (including phenoxy) is 1. The van der Waals surface area contributed by atoms with Gasteiger partial charge in [0.25, 0.3) is 0 Å². The van der Waals surface area contributed by atoms with Gasteiger partial charge in [-0.25, -0.2) is 8.42 Å². The van der Waals surface area contributed by atoms with Crippen molar-refractivity contribution in [1.82, 2.24) is 19.1 Å². The van der Waals surface area contributed by atoms with Crippen molar-refractivity contribution in [2.45, 2.75) is 50.0 Å². The molecule has 0 amide bonds. The summed E-state index contributed by atoms with van der Waals surface area (Å²) >= 11 is 0. The molecule has 28 heavy (non-hydrogen) atoms. The highest BCUT2D eigenvalue weighted by Crippen LogP contribution is 2.42. The predicted octanol–water partition coefficient (Wildman–Crippen LogP) is 2.27. The van der Waals surface area contributed by atoms with Crippen molar-refractivity contribution < 1.29 is 13.2 Å². The molecule has 0 saturated carbocycles. The molecule has 2 aromatic rings. The number of piperidine rings is 1. The minimum Gasteiger partial charge on any atom is -0.384 e. The van der Waals surface area contributed by atoms with Crippen LogP contribution in [0.15, 0.2) is 35.2 Å². The van der Waals surface area contributed by atoms with Gasteiger partial charge in [-0.2, -0.15) is 4.31 Å². The fourth-order valence-electron chi connectivity index (χ4n) is 4.49. The van der Waals surface area contributed by atoms with E-state index < -0.39 is 10.0 Å². The molecule has 8 heteroatoms. The SMILES string of the molecule is COCCc1nnc2n1CCC1(CC2)CCN(S(=O)(=O)c2ccccc2)CC1. The lowest BCUT2D eigenvalue weighted by Gasteiger charge is -2.40. The third-order valence-corrected chi connectivity index (χ3v) is 8.26. The van der Waals surface area contributed by atoms with Crippen LogP contribution in [0.5, 0.6) is 0 Å². The number of aromatic nitrogens is 3. The molecule has 1 spiro atoms. The number of aryl methyl sites for hydroxylation is 1. The third kappa shape index (κ3) is 3.73. The van der Waals surface area contributed by atoms with Crippen LogP contribution in [0, 0.1) is 5.41 Å². The van der Waals surface area contributed by atoms with Crippen LogP contribution in [0.25, 0.3) is 0 Å². The molecule has 3 heterocycles. The van der Waals surface area contributed by atoms with Crippen LogP contribution in [-0.4, -0.2) is 54.3 Å². The van der Waals surface area contributed by atoms with Crippen LogP contribution in [0.2, 0.25) is 0 Å². The highest BCUT2D eigenvalue weighted by Gasteiger charge is 2.39. The number of fused-ring (bicyclic) bond motifs is 1. The van der Waals surface area contributed by atoms with Crippen LogP contribution in [0.3, 0.4) is 0 Å². The van der Waals surface area contributed by atoms with E-state index in [0.29, 0.717) is 24.6 Å². The van der Waals surface area contributed by atoms with Crippen molar-refractivity contribution in [3.63, 3.8) is 0 Å². The van der Waals surface area contributed by atoms with E-state index in [1.165, 1.54) is 0 Å². The molecule has 2 aliphatic rings. The zero-order valence-corrected chi connectivity index (χ0v) is 17.2. The van der Waals surface area contributed by atoms with E-state index in [9.17, 15) is 8.42 Å². The van der Waals surface area contributed by atoms with Gasteiger partial charge < -0.3 is 9.30 Å². The zero-order chi connectivity index (χ0) is 19.6. The number of sulfonamides is 1. The van der Waals surface area contributed by atoms with Gasteiger partial charge in [-0.05, 0) is 43.2 Å². The Hall–Kier alpha value is -1.77. The summed E-state index contributed by atoms with van der Waals surface area (Å²) in [5.74, 6) is 2.06. The lowest BCUT2D eigenvalue weighted by atomic mass is 9.73. The molecule has 0 unspecified atom stereocenters. The van der Waals surface area contributed by atoms with Gasteiger partial charge in [-0.1, -0.05) is 18.2 Å². The van der Waals surface area contributed by atoms with Crippen molar-refractivity contribution >= 4 is 10.0 Å². The first-order chi connectivity index (χ1) is 13.5. The van der Waals surface area contributed by atoms with Crippen molar-refractivity contribution in [3.05, 3.63) is 42.0 Å². The maximum Gasteiger partial charge on any atom is 0.243 e. The molecule has 1 aromatic carbocycles. The number of methoxy groups -OCH3 is 1. The summed E-state index contributed by atoms with van der Waals surface area (Å²) in [6, 6.07) is 8.76. The fraction of sp³-hybridized carbons (Fsp3) is 0.600. The largest absolute Gasteiger partial charge is 0.384 e. The second kappa shape index (κ2) is 7.93. The number of benzene rings is 1. The van der Waals surface area contributed by atoms with Crippen LogP contribution >= 0.6 is 0 Å². The van der Waals surface area contributed by atoms with Gasteiger partial charge in [0, 0.05) is 39.6 Å². The number of hydrogen-bond acceptors (Lipinski definition) is 5. The summed E-state index contributed by atoms with van der Waals surface area (Å²) in [4.78, 5) is 0.390. The number of nitrogens with zero attached hydrogens (tertiary/aromatic N) is 4. The summed E-state index contributed by atoms with van der Waals surface area (Å²) < 4.78 is 34.9. The average Bonchev–Trinajstić information content (AvgIpc) is 3.03. The molecule has 0 radical (unpaired) electrons. The molecule has 0 aliphatic carbocycles. The Morgan fingerprint density at radius 3 is 2.46 bits per heavy atom. The second-order valence-electron chi connectivity index (χ2n) is 7.89. The molecule has 2 aliphatic heterocycles. The topological polar surface area (TPSA) is 77.3 Å². The van der Waals surface area contributed by atoms with Crippen LogP contribution in [0.4, 0.5) is 0 Å². The maximum absolute atomic E-state index is 12.9. The Balaban J connectivity index is 1.43. The lowest BCUT2D eigenvalue weighted by Crippen LogP contribution is -2.43. The van der Waals surface area contributed by atoms with Crippen LogP contribution in [0.1, 0.15) is 37.3 Å². The van der Waals surface area contributed by atoms with E-state index in [1.54, 1.807) is 35.7 Å². The maximum atomic E-state index is 12.9. The minimum atomic E-state index is -3.39. The second-order valence-corrected chi connectivity index (χ2v) is 9.83. The summed E-state index contributed by atoms with van der Waals surface area (Å²) in [6.07, 6.45) is 5.60. The first-order valence-corrected chi connectivity index (χ1v) is 11.4. The van der Waals surface area contributed by atoms with E-state index in [4.69, 9.17) is 4.74 Å². The molecular formula is C20H28N4O3S. The van der Waals surface area contributed by atoms with Crippen LogP contribution < -0.4 is 0 Å². The van der Waals surface area contributed by atoms with Gasteiger partial charge >= 0.3 is 0 Å². The molecule has 0 atom stereocenters. The minimum absolute atomic E-state index is 0.196. The Kier molecular flexibility index (Phi) is 5.53. The molecule has 152 valence electrons. The molecule has 1 aromatic heterocycles. The normalized spacial score (nSPS) is 20.0. The van der Waals surface area contributed by atoms with E-state index >= 15 is 0 Å². The van der Waals surface area contributed by atoms with E-state index in [0.717, 1.165) is 56.7 Å². The highest BCUT2D eigenvalue weighted by molar-refractivity contribution is 7.89. The Morgan fingerprint density at radius 1 is 1.04 bits per heavy atom. The van der Waals surface area contributed by atoms with E-state index in [-0.39, 0.29) is 5.41 Å². The van der Waals surface area contributed by atoms with Crippen molar-refractivity contribution in [3.8, 4) is 0 Å². The summed E-state index contributed by atoms with van der Waals surface area (Å²) in [5, 5.41) is 8.73. The fourth-order valence-corrected chi connectivity index (χ4v) is 5.95. The van der Waals surface area contributed by atoms with Crippen molar-refractivity contribution in [1.29, 1.82) is 0 Å². The van der Waals surface area contributed by atoms with Crippen molar-refractivity contribution in [2.24, 2.45) is 5.41 Å². The third-order valence-electron chi connectivity index (χ3n) is 6.34. The highest BCUT2D eigenvalue weighted by atomic mass is 32.2. The molecule has 7 nitrogen and oxygen atoms in total. The van der Waals surface area contributed by atoms with Gasteiger partial charge in [0.05, 0.1) is 11.5 Å². The Labute approximate surface area is 166 Å². The predicted molar refractivity (Wildman–Crippen MR) is 105 cm³/mol. The summed E-state index contributed by atoms with van der Waals surface area (Å²) in [7, 11) is -1.69. The van der Waals surface area contributed by atoms with E-state index in [2.05, 4.69) is 14.8 Å².